The second kappa shape index (κ2) is 12.6. The molecule has 0 aliphatic rings. The third-order valence-electron chi connectivity index (χ3n) is 4.89. The van der Waals surface area contributed by atoms with Crippen molar-refractivity contribution < 1.29 is 33.7 Å². The van der Waals surface area contributed by atoms with E-state index in [0.29, 0.717) is 12.0 Å². The van der Waals surface area contributed by atoms with Crippen molar-refractivity contribution in [3.8, 4) is 0 Å². The van der Waals surface area contributed by atoms with Crippen LogP contribution >= 0.6 is 0 Å². The minimum Gasteiger partial charge on any atom is -0.393 e. The molecule has 0 spiro atoms. The van der Waals surface area contributed by atoms with Crippen LogP contribution < -0.4 is 11.1 Å². The predicted octanol–water partition coefficient (Wildman–Crippen LogP) is 0.691. The number of nitrogens with one attached hydrogen (secondary N) is 1. The number of carbonyl (C=O) groups is 2. The molecule has 0 bridgehead atoms. The largest absolute Gasteiger partial charge is 0.393 e. The summed E-state index contributed by atoms with van der Waals surface area (Å²) in [6, 6.07) is 6.01. The van der Waals surface area contributed by atoms with Gasteiger partial charge < -0.3 is 30.7 Å². The van der Waals surface area contributed by atoms with Crippen LogP contribution in [-0.4, -0.2) is 60.8 Å². The summed E-state index contributed by atoms with van der Waals surface area (Å²) in [6.45, 7) is 1.38. The highest BCUT2D eigenvalue weighted by molar-refractivity contribution is 5.83. The Labute approximate surface area is 176 Å². The maximum Gasteiger partial charge on any atom is 0.249 e. The Morgan fingerprint density at radius 2 is 2.00 bits per heavy atom. The second-order valence-corrected chi connectivity index (χ2v) is 7.39. The maximum absolute atomic E-state index is 13.3. The van der Waals surface area contributed by atoms with E-state index >= 15 is 0 Å². The van der Waals surface area contributed by atoms with Gasteiger partial charge in [-0.15, -0.1) is 0 Å². The van der Waals surface area contributed by atoms with Crippen molar-refractivity contribution in [2.75, 3.05) is 20.8 Å². The molecule has 1 aromatic rings. The summed E-state index contributed by atoms with van der Waals surface area (Å²) in [6.07, 6.45) is 0.444. The van der Waals surface area contributed by atoms with Crippen LogP contribution in [0.3, 0.4) is 0 Å². The molecule has 0 saturated heterocycles. The quantitative estimate of drug-likeness (QED) is 0.323. The van der Waals surface area contributed by atoms with Gasteiger partial charge in [0.25, 0.3) is 0 Å². The number of halogens is 1. The van der Waals surface area contributed by atoms with E-state index in [1.807, 2.05) is 0 Å². The zero-order valence-corrected chi connectivity index (χ0v) is 17.6. The number of primary amides is 1. The molecular formula is C21H32FN2O6. The van der Waals surface area contributed by atoms with Gasteiger partial charge in [-0.2, -0.15) is 0 Å². The van der Waals surface area contributed by atoms with Crippen molar-refractivity contribution in [2.24, 2.45) is 11.7 Å². The summed E-state index contributed by atoms with van der Waals surface area (Å²) in [4.78, 5) is 24.0. The third-order valence-corrected chi connectivity index (χ3v) is 4.89. The van der Waals surface area contributed by atoms with Crippen LogP contribution in [0.25, 0.3) is 0 Å². The van der Waals surface area contributed by atoms with Gasteiger partial charge in [-0.3, -0.25) is 9.59 Å². The Bertz CT molecular complexity index is 681. The van der Waals surface area contributed by atoms with Crippen molar-refractivity contribution >= 4 is 11.8 Å². The molecule has 0 aliphatic carbocycles. The maximum atomic E-state index is 13.3. The number of methoxy groups -OCH3 is 2. The molecule has 1 rings (SSSR count). The van der Waals surface area contributed by atoms with Gasteiger partial charge in [-0.1, -0.05) is 12.1 Å². The van der Waals surface area contributed by atoms with Gasteiger partial charge in [0.2, 0.25) is 11.8 Å². The molecule has 0 aliphatic heterocycles. The van der Waals surface area contributed by atoms with E-state index in [0.717, 1.165) is 0 Å². The van der Waals surface area contributed by atoms with Gasteiger partial charge in [0.1, 0.15) is 11.4 Å². The number of hydrogen-bond acceptors (Lipinski definition) is 6. The van der Waals surface area contributed by atoms with Crippen LogP contribution in [0, 0.1) is 18.2 Å². The van der Waals surface area contributed by atoms with E-state index in [4.69, 9.17) is 15.2 Å². The molecule has 0 fully saturated rings. The number of aliphatic hydroxyl groups excluding tert-OH is 1. The van der Waals surface area contributed by atoms with E-state index < -0.39 is 29.8 Å². The number of amides is 2. The van der Waals surface area contributed by atoms with Gasteiger partial charge in [0.15, 0.2) is 6.29 Å². The predicted molar refractivity (Wildman–Crippen MR) is 108 cm³/mol. The second-order valence-electron chi connectivity index (χ2n) is 7.39. The number of benzene rings is 1. The lowest BCUT2D eigenvalue weighted by atomic mass is 9.88. The first-order chi connectivity index (χ1) is 14.1. The lowest BCUT2D eigenvalue weighted by molar-refractivity contribution is -0.137. The molecule has 1 aromatic carbocycles. The monoisotopic (exact) mass is 427 g/mol. The molecule has 0 aromatic heterocycles. The topological polar surface area (TPSA) is 131 Å². The number of hydrogen-bond donors (Lipinski definition) is 4. The Hall–Kier alpha value is -2.07. The van der Waals surface area contributed by atoms with Crippen molar-refractivity contribution in [2.45, 2.75) is 50.6 Å². The molecule has 0 saturated carbocycles. The van der Waals surface area contributed by atoms with E-state index in [9.17, 15) is 24.2 Å². The number of nitrogens with two attached hydrogens (primary N) is 1. The fourth-order valence-corrected chi connectivity index (χ4v) is 2.85. The van der Waals surface area contributed by atoms with E-state index in [1.165, 1.54) is 33.3 Å². The zero-order valence-electron chi connectivity index (χ0n) is 17.6. The van der Waals surface area contributed by atoms with Gasteiger partial charge in [0.05, 0.1) is 12.6 Å². The highest BCUT2D eigenvalue weighted by Crippen LogP contribution is 2.22. The van der Waals surface area contributed by atoms with E-state index in [2.05, 4.69) is 5.32 Å². The number of ether oxygens (including phenoxy) is 2. The van der Waals surface area contributed by atoms with E-state index in [1.54, 1.807) is 18.6 Å². The molecule has 3 atom stereocenters. The van der Waals surface area contributed by atoms with Gasteiger partial charge in [-0.05, 0) is 56.7 Å². The first-order valence-electron chi connectivity index (χ1n) is 9.70. The number of aliphatic hydroxyl groups is 2. The van der Waals surface area contributed by atoms with Crippen LogP contribution in [-0.2, 0) is 25.5 Å². The summed E-state index contributed by atoms with van der Waals surface area (Å²) in [7, 11) is 2.87. The fraction of sp³-hybridized carbons (Fsp3) is 0.571. The van der Waals surface area contributed by atoms with Gasteiger partial charge in [0, 0.05) is 20.1 Å². The molecule has 8 nitrogen and oxygen atoms in total. The highest BCUT2D eigenvalue weighted by Gasteiger charge is 2.31. The van der Waals surface area contributed by atoms with Crippen LogP contribution in [0.4, 0.5) is 4.39 Å². The van der Waals surface area contributed by atoms with E-state index in [-0.39, 0.29) is 37.5 Å². The van der Waals surface area contributed by atoms with Gasteiger partial charge >= 0.3 is 0 Å². The van der Waals surface area contributed by atoms with Crippen LogP contribution in [0.2, 0.25) is 0 Å². The van der Waals surface area contributed by atoms with Gasteiger partial charge in [-0.25, -0.2) is 4.39 Å². The van der Waals surface area contributed by atoms with Crippen molar-refractivity contribution in [3.05, 3.63) is 42.1 Å². The summed E-state index contributed by atoms with van der Waals surface area (Å²) in [5, 5.41) is 23.1. The lowest BCUT2D eigenvalue weighted by Gasteiger charge is -2.25. The molecule has 0 heterocycles. The molecule has 5 N–H and O–H groups in total. The van der Waals surface area contributed by atoms with Crippen LogP contribution in [0.1, 0.15) is 31.7 Å². The molecular weight excluding hydrogens is 395 g/mol. The lowest BCUT2D eigenvalue weighted by Crippen LogP contribution is -2.43. The summed E-state index contributed by atoms with van der Waals surface area (Å²) < 4.78 is 23.3. The van der Waals surface area contributed by atoms with Crippen LogP contribution in [0.15, 0.2) is 24.3 Å². The minimum absolute atomic E-state index is 0.0466. The summed E-state index contributed by atoms with van der Waals surface area (Å²) >= 11 is 0. The minimum atomic E-state index is -1.77. The number of rotatable bonds is 14. The molecule has 30 heavy (non-hydrogen) atoms. The Kier molecular flexibility index (Phi) is 10.9. The molecule has 1 radical (unpaired) electrons. The standard InChI is InChI=1S/C21H32FN2O6/c1-21(28,20(23)27)10-9-15(19(26)24-13-18(29-2)30-3)12-17(25)8-7-14-5-4-6-16(22)11-14/h4-6,8,11,15,17-18,25,28H,7,9-10,12-13H2,1-3H3,(H2,23,27)(H,24,26). The summed E-state index contributed by atoms with van der Waals surface area (Å²) in [5.41, 5.74) is 4.11. The fourth-order valence-electron chi connectivity index (χ4n) is 2.85. The Balaban J connectivity index is 2.72. The Morgan fingerprint density at radius 1 is 1.33 bits per heavy atom. The highest BCUT2D eigenvalue weighted by atomic mass is 19.1. The normalized spacial score (nSPS) is 15.4. The molecule has 2 amide bonds. The first kappa shape index (κ1) is 26.0. The summed E-state index contributed by atoms with van der Waals surface area (Å²) in [5.74, 6) is -2.35. The van der Waals surface area contributed by atoms with Crippen molar-refractivity contribution in [3.63, 3.8) is 0 Å². The van der Waals surface area contributed by atoms with Crippen molar-refractivity contribution in [1.29, 1.82) is 0 Å². The zero-order chi connectivity index (χ0) is 22.7. The average Bonchev–Trinajstić information content (AvgIpc) is 2.70. The molecule has 9 heteroatoms. The van der Waals surface area contributed by atoms with Crippen molar-refractivity contribution in [1.82, 2.24) is 5.32 Å². The average molecular weight is 427 g/mol. The first-order valence-corrected chi connectivity index (χ1v) is 9.70. The Morgan fingerprint density at radius 3 is 2.57 bits per heavy atom. The smallest absolute Gasteiger partial charge is 0.249 e. The third kappa shape index (κ3) is 9.17. The molecule has 3 unspecified atom stereocenters. The SMILES string of the molecule is COC(CNC(=O)C(CCC(C)(O)C(N)=O)CC(O)[CH]Cc1cccc(F)c1)OC. The molecule has 169 valence electrons. The van der Waals surface area contributed by atoms with Crippen LogP contribution in [0.5, 0.6) is 0 Å². The number of carbonyl (C=O) groups excluding carboxylic acids is 2.